The molecule has 0 fully saturated rings. The van der Waals surface area contributed by atoms with Crippen molar-refractivity contribution in [2.24, 2.45) is 0 Å². The molecule has 3 aromatic rings. The molecule has 2 aromatic carbocycles. The van der Waals surface area contributed by atoms with Gasteiger partial charge in [0, 0.05) is 18.7 Å². The molecule has 0 saturated carbocycles. The number of benzene rings is 2. The first-order valence-electron chi connectivity index (χ1n) is 10.9. The molecule has 0 aliphatic heterocycles. The van der Waals surface area contributed by atoms with Gasteiger partial charge in [0.05, 0.1) is 15.8 Å². The van der Waals surface area contributed by atoms with Crippen molar-refractivity contribution in [3.05, 3.63) is 64.7 Å². The third-order valence-corrected chi connectivity index (χ3v) is 6.40. The minimum atomic E-state index is -4.05. The van der Waals surface area contributed by atoms with Gasteiger partial charge in [0.15, 0.2) is 0 Å². The minimum Gasteiger partial charge on any atom is -0.337 e. The number of sulfonamides is 1. The number of aryl methyl sites for hydroxylation is 1. The Morgan fingerprint density at radius 2 is 1.74 bits per heavy atom. The lowest BCUT2D eigenvalue weighted by Gasteiger charge is -2.13. The van der Waals surface area contributed by atoms with Crippen molar-refractivity contribution < 1.29 is 18.0 Å². The predicted octanol–water partition coefficient (Wildman–Crippen LogP) is 2.39. The van der Waals surface area contributed by atoms with E-state index in [1.807, 2.05) is 18.6 Å². The van der Waals surface area contributed by atoms with E-state index in [1.54, 1.807) is 24.3 Å². The van der Waals surface area contributed by atoms with E-state index in [0.29, 0.717) is 35.4 Å². The molecule has 0 atom stereocenters. The molecule has 0 aliphatic rings. The number of carbonyl (C=O) groups is 2. The fraction of sp³-hybridized carbons (Fsp3) is 0.304. The first-order valence-corrected chi connectivity index (χ1v) is 12.4. The van der Waals surface area contributed by atoms with Crippen LogP contribution in [0.25, 0.3) is 10.9 Å². The molecule has 180 valence electrons. The maximum Gasteiger partial charge on any atom is 0.328 e. The number of rotatable bonds is 9. The van der Waals surface area contributed by atoms with Crippen molar-refractivity contribution in [1.82, 2.24) is 19.6 Å². The largest absolute Gasteiger partial charge is 0.337 e. The van der Waals surface area contributed by atoms with Gasteiger partial charge in [0.2, 0.25) is 5.91 Å². The smallest absolute Gasteiger partial charge is 0.328 e. The minimum absolute atomic E-state index is 0.126. The van der Waals surface area contributed by atoms with Gasteiger partial charge < -0.3 is 10.6 Å². The average molecular weight is 486 g/mol. The van der Waals surface area contributed by atoms with Crippen LogP contribution >= 0.6 is 0 Å². The number of nitrogens with zero attached hydrogens (tertiary/aromatic N) is 2. The van der Waals surface area contributed by atoms with E-state index in [1.165, 1.54) is 28.8 Å². The molecule has 10 nitrogen and oxygen atoms in total. The number of carbonyl (C=O) groups excluding carboxylic acids is 2. The summed E-state index contributed by atoms with van der Waals surface area (Å²) in [4.78, 5) is 41.6. The lowest BCUT2D eigenvalue weighted by molar-refractivity contribution is -0.116. The van der Waals surface area contributed by atoms with Crippen LogP contribution < -0.4 is 20.9 Å². The molecule has 34 heavy (non-hydrogen) atoms. The normalized spacial score (nSPS) is 11.2. The predicted molar refractivity (Wildman–Crippen MR) is 129 cm³/mol. The summed E-state index contributed by atoms with van der Waals surface area (Å²) in [6.45, 7) is 3.94. The SMILES string of the molecule is CCCCNC(=O)NS(=O)(=O)c1ccc(NC(=O)Cn2c(CC)nc3ccccc3c2=O)cc1. The van der Waals surface area contributed by atoms with Crippen molar-refractivity contribution in [1.29, 1.82) is 0 Å². The molecule has 0 spiro atoms. The van der Waals surface area contributed by atoms with E-state index in [-0.39, 0.29) is 17.0 Å². The highest BCUT2D eigenvalue weighted by molar-refractivity contribution is 7.90. The first kappa shape index (κ1) is 24.9. The maximum atomic E-state index is 12.9. The Morgan fingerprint density at radius 3 is 2.41 bits per heavy atom. The first-order chi connectivity index (χ1) is 16.2. The molecule has 11 heteroatoms. The second-order valence-corrected chi connectivity index (χ2v) is 9.26. The number of anilines is 1. The van der Waals surface area contributed by atoms with Gasteiger partial charge in [-0.25, -0.2) is 22.9 Å². The fourth-order valence-electron chi connectivity index (χ4n) is 3.30. The van der Waals surface area contributed by atoms with Crippen LogP contribution in [0.4, 0.5) is 10.5 Å². The summed E-state index contributed by atoms with van der Waals surface area (Å²) in [6, 6.07) is 11.5. The number of hydrogen-bond acceptors (Lipinski definition) is 6. The molecule has 3 rings (SSSR count). The molecular weight excluding hydrogens is 458 g/mol. The lowest BCUT2D eigenvalue weighted by Crippen LogP contribution is -2.39. The number of hydrogen-bond donors (Lipinski definition) is 3. The third kappa shape index (κ3) is 5.98. The van der Waals surface area contributed by atoms with E-state index in [9.17, 15) is 22.8 Å². The maximum absolute atomic E-state index is 12.9. The lowest BCUT2D eigenvalue weighted by atomic mass is 10.2. The summed E-state index contributed by atoms with van der Waals surface area (Å²) >= 11 is 0. The number of unbranched alkanes of at least 4 members (excludes halogenated alkanes) is 1. The molecule has 1 heterocycles. The van der Waals surface area contributed by atoms with Crippen molar-refractivity contribution in [2.75, 3.05) is 11.9 Å². The van der Waals surface area contributed by atoms with E-state index in [0.717, 1.165) is 12.8 Å². The Hall–Kier alpha value is -3.73. The number of nitrogens with one attached hydrogen (secondary N) is 3. The monoisotopic (exact) mass is 485 g/mol. The van der Waals surface area contributed by atoms with Crippen molar-refractivity contribution >= 4 is 38.6 Å². The summed E-state index contributed by atoms with van der Waals surface area (Å²) in [7, 11) is -4.05. The van der Waals surface area contributed by atoms with Gasteiger partial charge in [-0.05, 0) is 42.8 Å². The Bertz CT molecular complexity index is 1350. The van der Waals surface area contributed by atoms with Gasteiger partial charge in [-0.2, -0.15) is 0 Å². The highest BCUT2D eigenvalue weighted by Gasteiger charge is 2.18. The summed E-state index contributed by atoms with van der Waals surface area (Å²) in [5.74, 6) is 0.0292. The van der Waals surface area contributed by atoms with Crippen LogP contribution in [-0.2, 0) is 27.8 Å². The van der Waals surface area contributed by atoms with Gasteiger partial charge in [0.1, 0.15) is 12.4 Å². The zero-order valence-corrected chi connectivity index (χ0v) is 19.8. The molecule has 0 unspecified atom stereocenters. The molecule has 3 N–H and O–H groups in total. The van der Waals surface area contributed by atoms with E-state index in [2.05, 4.69) is 15.6 Å². The van der Waals surface area contributed by atoms with Crippen LogP contribution in [0.1, 0.15) is 32.5 Å². The van der Waals surface area contributed by atoms with Crippen molar-refractivity contribution in [3.8, 4) is 0 Å². The van der Waals surface area contributed by atoms with Crippen LogP contribution in [0.3, 0.4) is 0 Å². The van der Waals surface area contributed by atoms with Crippen molar-refractivity contribution in [3.63, 3.8) is 0 Å². The second kappa shape index (κ2) is 10.9. The number of para-hydroxylation sites is 1. The van der Waals surface area contributed by atoms with Crippen LogP contribution in [0.5, 0.6) is 0 Å². The van der Waals surface area contributed by atoms with Gasteiger partial charge in [0.25, 0.3) is 15.6 Å². The Morgan fingerprint density at radius 1 is 1.03 bits per heavy atom. The van der Waals surface area contributed by atoms with Crippen molar-refractivity contribution in [2.45, 2.75) is 44.6 Å². The zero-order chi connectivity index (χ0) is 24.7. The number of aromatic nitrogens is 2. The zero-order valence-electron chi connectivity index (χ0n) is 19.0. The summed E-state index contributed by atoms with van der Waals surface area (Å²) in [5.41, 5.74) is 0.615. The highest BCUT2D eigenvalue weighted by atomic mass is 32.2. The Labute approximate surface area is 197 Å². The van der Waals surface area contributed by atoms with Crippen LogP contribution in [0, 0.1) is 0 Å². The summed E-state index contributed by atoms with van der Waals surface area (Å²) in [6.07, 6.45) is 2.08. The van der Waals surface area contributed by atoms with E-state index in [4.69, 9.17) is 0 Å². The molecule has 0 aliphatic carbocycles. The highest BCUT2D eigenvalue weighted by Crippen LogP contribution is 2.14. The molecule has 0 bridgehead atoms. The Balaban J connectivity index is 1.69. The summed E-state index contributed by atoms with van der Waals surface area (Å²) in [5, 5.41) is 5.55. The van der Waals surface area contributed by atoms with E-state index >= 15 is 0 Å². The number of fused-ring (bicyclic) bond motifs is 1. The van der Waals surface area contributed by atoms with Crippen LogP contribution in [-0.4, -0.2) is 36.5 Å². The molecular formula is C23H27N5O5S. The van der Waals surface area contributed by atoms with E-state index < -0.39 is 22.0 Å². The standard InChI is InChI=1S/C23H27N5O5S/c1-3-5-14-24-23(31)27-34(32,33)17-12-10-16(11-13-17)25-21(29)15-28-20(4-2)26-19-9-7-6-8-18(19)22(28)30/h6-13H,3-5,14-15H2,1-2H3,(H,25,29)(H2,24,27,31). The topological polar surface area (TPSA) is 139 Å². The van der Waals surface area contributed by atoms with Gasteiger partial charge in [-0.15, -0.1) is 0 Å². The third-order valence-electron chi connectivity index (χ3n) is 5.05. The average Bonchev–Trinajstić information content (AvgIpc) is 2.81. The van der Waals surface area contributed by atoms with Crippen LogP contribution in [0.15, 0.2) is 58.2 Å². The summed E-state index contributed by atoms with van der Waals surface area (Å²) < 4.78 is 28.0. The molecule has 0 saturated heterocycles. The second-order valence-electron chi connectivity index (χ2n) is 7.58. The van der Waals surface area contributed by atoms with Gasteiger partial charge in [-0.1, -0.05) is 32.4 Å². The molecule has 0 radical (unpaired) electrons. The molecule has 3 amide bonds. The van der Waals surface area contributed by atoms with Gasteiger partial charge in [-0.3, -0.25) is 14.2 Å². The molecule has 1 aromatic heterocycles. The fourth-order valence-corrected chi connectivity index (χ4v) is 4.23. The Kier molecular flexibility index (Phi) is 8.00. The quantitative estimate of drug-likeness (QED) is 0.398. The number of urea groups is 1. The van der Waals surface area contributed by atoms with Crippen LogP contribution in [0.2, 0.25) is 0 Å². The van der Waals surface area contributed by atoms with Gasteiger partial charge >= 0.3 is 6.03 Å². The number of amides is 3.